The Labute approximate surface area is 129 Å². The molecule has 0 spiro atoms. The summed E-state index contributed by atoms with van der Waals surface area (Å²) in [6.07, 6.45) is 0. The second-order valence-electron chi connectivity index (χ2n) is 5.25. The van der Waals surface area contributed by atoms with Crippen LogP contribution in [0.15, 0.2) is 59.5 Å². The first-order valence-corrected chi connectivity index (χ1v) is 8.63. The van der Waals surface area contributed by atoms with Gasteiger partial charge in [0.25, 0.3) is 0 Å². The number of halogens is 1. The molecule has 0 aromatic heterocycles. The predicted octanol–water partition coefficient (Wildman–Crippen LogP) is 2.89. The molecule has 0 aliphatic heterocycles. The molecule has 0 radical (unpaired) electrons. The molecule has 0 heterocycles. The summed E-state index contributed by atoms with van der Waals surface area (Å²) >= 11 is 5.97. The molecular formula is C16H15ClO3S. The number of aliphatic hydroxyl groups excluding tert-OH is 1. The molecule has 1 N–H and O–H groups in total. The van der Waals surface area contributed by atoms with Crippen molar-refractivity contribution in [2.45, 2.75) is 16.1 Å². The molecule has 3 nitrogen and oxygen atoms in total. The standard InChI is InChI=1S/C16H15ClO3S/c17-12-6-4-5-11(9-12)15-14(10-18)16(15)21(19,20)13-7-2-1-3-8-13/h1-9,14-16,18H,10H2/t14-,15+,16+/m0/s1. The number of aliphatic hydroxyl groups is 1. The number of hydrogen-bond donors (Lipinski definition) is 1. The lowest BCUT2D eigenvalue weighted by molar-refractivity contribution is 0.274. The zero-order valence-electron chi connectivity index (χ0n) is 11.2. The van der Waals surface area contributed by atoms with Gasteiger partial charge in [-0.3, -0.25) is 0 Å². The molecule has 0 unspecified atom stereocenters. The minimum absolute atomic E-state index is 0.145. The molecule has 5 heteroatoms. The van der Waals surface area contributed by atoms with Crippen LogP contribution in [-0.4, -0.2) is 25.4 Å². The molecule has 3 rings (SSSR count). The lowest BCUT2D eigenvalue weighted by Gasteiger charge is -2.04. The minimum atomic E-state index is -3.44. The summed E-state index contributed by atoms with van der Waals surface area (Å²) in [7, 11) is -3.44. The van der Waals surface area contributed by atoms with Crippen molar-refractivity contribution in [3.8, 4) is 0 Å². The van der Waals surface area contributed by atoms with Crippen molar-refractivity contribution in [2.75, 3.05) is 6.61 Å². The number of hydrogen-bond acceptors (Lipinski definition) is 3. The Hall–Kier alpha value is -1.36. The Morgan fingerprint density at radius 2 is 1.76 bits per heavy atom. The maximum atomic E-state index is 12.7. The zero-order valence-corrected chi connectivity index (χ0v) is 12.8. The van der Waals surface area contributed by atoms with Crippen LogP contribution in [0.2, 0.25) is 5.02 Å². The highest BCUT2D eigenvalue weighted by Gasteiger charge is 2.58. The maximum absolute atomic E-state index is 12.7. The van der Waals surface area contributed by atoms with Gasteiger partial charge < -0.3 is 5.11 Å². The maximum Gasteiger partial charge on any atom is 0.182 e. The van der Waals surface area contributed by atoms with Gasteiger partial charge in [0.15, 0.2) is 9.84 Å². The monoisotopic (exact) mass is 322 g/mol. The lowest BCUT2D eigenvalue weighted by atomic mass is 10.1. The fourth-order valence-electron chi connectivity index (χ4n) is 2.90. The summed E-state index contributed by atoms with van der Waals surface area (Å²) < 4.78 is 25.4. The Morgan fingerprint density at radius 3 is 2.38 bits per heavy atom. The van der Waals surface area contributed by atoms with Gasteiger partial charge in [-0.1, -0.05) is 41.9 Å². The first-order valence-electron chi connectivity index (χ1n) is 6.71. The van der Waals surface area contributed by atoms with Gasteiger partial charge in [0.1, 0.15) is 0 Å². The summed E-state index contributed by atoms with van der Waals surface area (Å²) in [6.45, 7) is -0.145. The molecule has 1 aliphatic rings. The molecule has 0 amide bonds. The summed E-state index contributed by atoms with van der Waals surface area (Å²) in [5.41, 5.74) is 0.867. The van der Waals surface area contributed by atoms with Gasteiger partial charge >= 0.3 is 0 Å². The molecule has 21 heavy (non-hydrogen) atoms. The summed E-state index contributed by atoms with van der Waals surface area (Å²) in [5.74, 6) is -0.465. The smallest absolute Gasteiger partial charge is 0.182 e. The van der Waals surface area contributed by atoms with Gasteiger partial charge in [-0.2, -0.15) is 0 Å². The van der Waals surface area contributed by atoms with E-state index in [1.807, 2.05) is 6.07 Å². The van der Waals surface area contributed by atoms with Crippen LogP contribution in [0.3, 0.4) is 0 Å². The normalized spacial score (nSPS) is 24.8. The van der Waals surface area contributed by atoms with Crippen LogP contribution in [-0.2, 0) is 9.84 Å². The van der Waals surface area contributed by atoms with E-state index in [1.165, 1.54) is 0 Å². The first kappa shape index (κ1) is 14.6. The van der Waals surface area contributed by atoms with Crippen molar-refractivity contribution < 1.29 is 13.5 Å². The van der Waals surface area contributed by atoms with E-state index in [9.17, 15) is 13.5 Å². The quantitative estimate of drug-likeness (QED) is 0.941. The SMILES string of the molecule is O=S(=O)(c1ccccc1)[C@@H]1[C@@H](CO)[C@H]1c1cccc(Cl)c1. The van der Waals surface area contributed by atoms with Crippen LogP contribution < -0.4 is 0 Å². The van der Waals surface area contributed by atoms with Crippen molar-refractivity contribution in [1.82, 2.24) is 0 Å². The Morgan fingerprint density at radius 1 is 1.05 bits per heavy atom. The molecule has 1 aliphatic carbocycles. The molecule has 1 saturated carbocycles. The van der Waals surface area contributed by atoms with E-state index >= 15 is 0 Å². The molecular weight excluding hydrogens is 308 g/mol. The van der Waals surface area contributed by atoms with E-state index in [0.29, 0.717) is 9.92 Å². The minimum Gasteiger partial charge on any atom is -0.396 e. The average Bonchev–Trinajstić information content (AvgIpc) is 3.23. The van der Waals surface area contributed by atoms with Crippen molar-refractivity contribution in [1.29, 1.82) is 0 Å². The van der Waals surface area contributed by atoms with E-state index in [-0.39, 0.29) is 18.4 Å². The highest BCUT2D eigenvalue weighted by atomic mass is 35.5. The second kappa shape index (κ2) is 5.44. The van der Waals surface area contributed by atoms with Crippen LogP contribution in [0.25, 0.3) is 0 Å². The Balaban J connectivity index is 1.96. The lowest BCUT2D eigenvalue weighted by Crippen LogP contribution is -2.11. The van der Waals surface area contributed by atoms with Gasteiger partial charge in [0.05, 0.1) is 10.1 Å². The van der Waals surface area contributed by atoms with Gasteiger partial charge in [-0.15, -0.1) is 0 Å². The van der Waals surface area contributed by atoms with Crippen molar-refractivity contribution in [3.63, 3.8) is 0 Å². The van der Waals surface area contributed by atoms with Crippen molar-refractivity contribution in [3.05, 3.63) is 65.2 Å². The van der Waals surface area contributed by atoms with Crippen molar-refractivity contribution >= 4 is 21.4 Å². The number of rotatable bonds is 4. The van der Waals surface area contributed by atoms with Crippen LogP contribution in [0.5, 0.6) is 0 Å². The second-order valence-corrected chi connectivity index (χ2v) is 7.79. The Kier molecular flexibility index (Phi) is 3.78. The average molecular weight is 323 g/mol. The van der Waals surface area contributed by atoms with Gasteiger partial charge in [-0.05, 0) is 29.8 Å². The van der Waals surface area contributed by atoms with Gasteiger partial charge in [0, 0.05) is 23.5 Å². The van der Waals surface area contributed by atoms with Crippen LogP contribution in [0.4, 0.5) is 0 Å². The van der Waals surface area contributed by atoms with Crippen LogP contribution in [0, 0.1) is 5.92 Å². The molecule has 110 valence electrons. The number of benzene rings is 2. The fourth-order valence-corrected chi connectivity index (χ4v) is 5.32. The molecule has 0 bridgehead atoms. The van der Waals surface area contributed by atoms with E-state index in [4.69, 9.17) is 11.6 Å². The van der Waals surface area contributed by atoms with E-state index < -0.39 is 15.1 Å². The van der Waals surface area contributed by atoms with E-state index in [1.54, 1.807) is 48.5 Å². The Bertz CT molecular complexity index is 743. The van der Waals surface area contributed by atoms with Gasteiger partial charge in [-0.25, -0.2) is 8.42 Å². The molecule has 1 fully saturated rings. The largest absolute Gasteiger partial charge is 0.396 e. The molecule has 0 saturated heterocycles. The zero-order chi connectivity index (χ0) is 15.0. The summed E-state index contributed by atoms with van der Waals surface area (Å²) in [5, 5.41) is 9.49. The predicted molar refractivity (Wildman–Crippen MR) is 82.2 cm³/mol. The highest BCUT2D eigenvalue weighted by molar-refractivity contribution is 7.92. The summed E-state index contributed by atoms with van der Waals surface area (Å²) in [4.78, 5) is 0.304. The fraction of sp³-hybridized carbons (Fsp3) is 0.250. The molecule has 3 atom stereocenters. The molecule has 2 aromatic carbocycles. The van der Waals surface area contributed by atoms with Crippen LogP contribution >= 0.6 is 11.6 Å². The topological polar surface area (TPSA) is 54.4 Å². The van der Waals surface area contributed by atoms with E-state index in [0.717, 1.165) is 5.56 Å². The number of sulfone groups is 1. The van der Waals surface area contributed by atoms with Gasteiger partial charge in [0.2, 0.25) is 0 Å². The summed E-state index contributed by atoms with van der Waals surface area (Å²) in [6, 6.07) is 15.6. The van der Waals surface area contributed by atoms with E-state index in [2.05, 4.69) is 0 Å². The third-order valence-electron chi connectivity index (χ3n) is 3.97. The third-order valence-corrected chi connectivity index (χ3v) is 6.49. The third kappa shape index (κ3) is 2.59. The van der Waals surface area contributed by atoms with Crippen molar-refractivity contribution in [2.24, 2.45) is 5.92 Å². The highest BCUT2D eigenvalue weighted by Crippen LogP contribution is 2.53. The molecule has 2 aromatic rings. The first-order chi connectivity index (χ1) is 10.1. The van der Waals surface area contributed by atoms with Crippen LogP contribution in [0.1, 0.15) is 11.5 Å².